The van der Waals surface area contributed by atoms with Gasteiger partial charge in [0.05, 0.1) is 17.0 Å². The van der Waals surface area contributed by atoms with Crippen LogP contribution in [0.25, 0.3) is 0 Å². The maximum atomic E-state index is 12.6. The van der Waals surface area contributed by atoms with Crippen LogP contribution in [0.4, 0.5) is 0 Å². The summed E-state index contributed by atoms with van der Waals surface area (Å²) in [4.78, 5) is 0. The van der Waals surface area contributed by atoms with Crippen molar-refractivity contribution in [3.05, 3.63) is 52.4 Å². The minimum Gasteiger partial charge on any atom is -0.395 e. The van der Waals surface area contributed by atoms with Gasteiger partial charge in [0.15, 0.2) is 0 Å². The highest BCUT2D eigenvalue weighted by atomic mass is 35.5. The van der Waals surface area contributed by atoms with E-state index >= 15 is 0 Å². The van der Waals surface area contributed by atoms with Gasteiger partial charge in [-0.1, -0.05) is 55.8 Å². The first-order chi connectivity index (χ1) is 11.3. The van der Waals surface area contributed by atoms with Crippen LogP contribution >= 0.6 is 22.9 Å². The zero-order valence-electron chi connectivity index (χ0n) is 13.6. The fraction of sp³-hybridized carbons (Fsp3) is 0.412. The molecule has 2 rings (SSSR count). The van der Waals surface area contributed by atoms with Gasteiger partial charge in [-0.15, -0.1) is 11.3 Å². The molecule has 0 saturated heterocycles. The van der Waals surface area contributed by atoms with Gasteiger partial charge in [0.2, 0.25) is 10.0 Å². The number of sulfonamides is 1. The van der Waals surface area contributed by atoms with Gasteiger partial charge in [-0.3, -0.25) is 0 Å². The van der Waals surface area contributed by atoms with Crippen LogP contribution in [0.3, 0.4) is 0 Å². The lowest BCUT2D eigenvalue weighted by molar-refractivity contribution is 0.229. The predicted molar refractivity (Wildman–Crippen MR) is 99.2 cm³/mol. The van der Waals surface area contributed by atoms with Crippen LogP contribution < -0.4 is 4.72 Å². The Kier molecular flexibility index (Phi) is 6.83. The topological polar surface area (TPSA) is 66.4 Å². The molecule has 2 atom stereocenters. The molecule has 0 amide bonds. The van der Waals surface area contributed by atoms with Crippen LogP contribution in [0.5, 0.6) is 0 Å². The summed E-state index contributed by atoms with van der Waals surface area (Å²) in [5.74, 6) is 0.256. The molecule has 0 aliphatic rings. The summed E-state index contributed by atoms with van der Waals surface area (Å²) >= 11 is 6.84. The van der Waals surface area contributed by atoms with Crippen molar-refractivity contribution in [3.63, 3.8) is 0 Å². The second kappa shape index (κ2) is 8.45. The molecule has 4 nitrogen and oxygen atoms in total. The normalized spacial score (nSPS) is 14.7. The third kappa shape index (κ3) is 5.04. The Labute approximate surface area is 152 Å². The van der Waals surface area contributed by atoms with Crippen LogP contribution in [0, 0.1) is 5.92 Å². The Morgan fingerprint density at radius 3 is 2.33 bits per heavy atom. The minimum atomic E-state index is -3.72. The van der Waals surface area contributed by atoms with E-state index in [1.54, 1.807) is 6.07 Å². The van der Waals surface area contributed by atoms with Crippen molar-refractivity contribution in [2.45, 2.75) is 36.4 Å². The van der Waals surface area contributed by atoms with E-state index in [2.05, 4.69) is 18.6 Å². The van der Waals surface area contributed by atoms with Gasteiger partial charge >= 0.3 is 0 Å². The summed E-state index contributed by atoms with van der Waals surface area (Å²) in [5, 5.41) is 9.84. The molecule has 0 bridgehead atoms. The van der Waals surface area contributed by atoms with Crippen molar-refractivity contribution in [1.29, 1.82) is 0 Å². The van der Waals surface area contributed by atoms with Crippen LogP contribution in [0.1, 0.15) is 31.7 Å². The number of halogens is 1. The molecule has 0 spiro atoms. The Balaban J connectivity index is 2.29. The van der Waals surface area contributed by atoms with Gasteiger partial charge in [0.1, 0.15) is 4.21 Å². The number of benzene rings is 1. The third-order valence-electron chi connectivity index (χ3n) is 3.76. The SMILES string of the molecule is CC(C)C[C@H](c1ccccc1)[C@@H](CO)NS(=O)(=O)c1ccc(Cl)s1. The molecule has 7 heteroatoms. The average molecular weight is 388 g/mol. The van der Waals surface area contributed by atoms with E-state index in [-0.39, 0.29) is 16.7 Å². The summed E-state index contributed by atoms with van der Waals surface area (Å²) in [6, 6.07) is 12.1. The summed E-state index contributed by atoms with van der Waals surface area (Å²) in [6.07, 6.45) is 0.767. The lowest BCUT2D eigenvalue weighted by atomic mass is 9.85. The van der Waals surface area contributed by atoms with E-state index in [4.69, 9.17) is 11.6 Å². The molecule has 0 aliphatic heterocycles. The molecule has 132 valence electrons. The zero-order chi connectivity index (χ0) is 17.7. The minimum absolute atomic E-state index is 0.110. The van der Waals surface area contributed by atoms with Gasteiger partial charge in [0, 0.05) is 5.92 Å². The standard InChI is InChI=1S/C17H22ClNO3S2/c1-12(2)10-14(13-6-4-3-5-7-13)15(11-20)19-24(21,22)17-9-8-16(18)23-17/h3-9,12,14-15,19-20H,10-11H2,1-2H3/t14-,15-/m1/s1. The maximum absolute atomic E-state index is 12.6. The Morgan fingerprint density at radius 2 is 1.83 bits per heavy atom. The van der Waals surface area contributed by atoms with Crippen molar-refractivity contribution < 1.29 is 13.5 Å². The first-order valence-corrected chi connectivity index (χ1v) is 10.4. The Bertz CT molecular complexity index is 744. The number of hydrogen-bond donors (Lipinski definition) is 2. The maximum Gasteiger partial charge on any atom is 0.250 e. The predicted octanol–water partition coefficient (Wildman–Crippen LogP) is 3.87. The Hall–Kier alpha value is -0.920. The van der Waals surface area contributed by atoms with Gasteiger partial charge in [-0.2, -0.15) is 0 Å². The molecule has 1 heterocycles. The number of aliphatic hydroxyl groups excluding tert-OH is 1. The lowest BCUT2D eigenvalue weighted by Gasteiger charge is -2.28. The van der Waals surface area contributed by atoms with Crippen molar-refractivity contribution in [2.75, 3.05) is 6.61 Å². The Morgan fingerprint density at radius 1 is 1.17 bits per heavy atom. The molecule has 1 aromatic heterocycles. The van der Waals surface area contributed by atoms with Crippen LogP contribution in [-0.4, -0.2) is 26.2 Å². The summed E-state index contributed by atoms with van der Waals surface area (Å²) in [7, 11) is -3.72. The molecular formula is C17H22ClNO3S2. The van der Waals surface area contributed by atoms with Crippen LogP contribution in [-0.2, 0) is 10.0 Å². The third-order valence-corrected chi connectivity index (χ3v) is 6.97. The molecule has 0 saturated carbocycles. The van der Waals surface area contributed by atoms with E-state index in [0.717, 1.165) is 23.3 Å². The average Bonchev–Trinajstić information content (AvgIpc) is 2.99. The van der Waals surface area contributed by atoms with E-state index in [1.165, 1.54) is 6.07 Å². The van der Waals surface area contributed by atoms with Gasteiger partial charge < -0.3 is 5.11 Å². The lowest BCUT2D eigenvalue weighted by Crippen LogP contribution is -2.42. The van der Waals surface area contributed by atoms with Gasteiger partial charge in [-0.25, -0.2) is 13.1 Å². The molecule has 0 radical (unpaired) electrons. The zero-order valence-corrected chi connectivity index (χ0v) is 16.0. The summed E-state index contributed by atoms with van der Waals surface area (Å²) in [6.45, 7) is 3.89. The molecule has 0 unspecified atom stereocenters. The van der Waals surface area contributed by atoms with Crippen molar-refractivity contribution in [1.82, 2.24) is 4.72 Å². The molecular weight excluding hydrogens is 366 g/mol. The van der Waals surface area contributed by atoms with Crippen molar-refractivity contribution in [3.8, 4) is 0 Å². The molecule has 2 N–H and O–H groups in total. The molecule has 24 heavy (non-hydrogen) atoms. The van der Waals surface area contributed by atoms with Crippen LogP contribution in [0.2, 0.25) is 4.34 Å². The summed E-state index contributed by atoms with van der Waals surface area (Å²) in [5.41, 5.74) is 1.01. The van der Waals surface area contributed by atoms with Crippen molar-refractivity contribution >= 4 is 33.0 Å². The monoisotopic (exact) mass is 387 g/mol. The summed E-state index contributed by atoms with van der Waals surface area (Å²) < 4.78 is 28.4. The number of aliphatic hydroxyl groups is 1. The molecule has 1 aromatic carbocycles. The molecule has 0 fully saturated rings. The van der Waals surface area contributed by atoms with Crippen LogP contribution in [0.15, 0.2) is 46.7 Å². The molecule has 0 aliphatic carbocycles. The second-order valence-electron chi connectivity index (χ2n) is 6.12. The fourth-order valence-corrected chi connectivity index (χ4v) is 5.45. The van der Waals surface area contributed by atoms with E-state index in [1.807, 2.05) is 30.3 Å². The van der Waals surface area contributed by atoms with Gasteiger partial charge in [-0.05, 0) is 30.0 Å². The fourth-order valence-electron chi connectivity index (χ4n) is 2.69. The molecule has 2 aromatic rings. The van der Waals surface area contributed by atoms with E-state index < -0.39 is 16.1 Å². The highest BCUT2D eigenvalue weighted by Crippen LogP contribution is 2.30. The number of nitrogens with one attached hydrogen (secondary N) is 1. The van der Waals surface area contributed by atoms with E-state index in [9.17, 15) is 13.5 Å². The largest absolute Gasteiger partial charge is 0.395 e. The van der Waals surface area contributed by atoms with Gasteiger partial charge in [0.25, 0.3) is 0 Å². The first kappa shape index (κ1) is 19.4. The quantitative estimate of drug-likeness (QED) is 0.722. The van der Waals surface area contributed by atoms with Crippen molar-refractivity contribution in [2.24, 2.45) is 5.92 Å². The highest BCUT2D eigenvalue weighted by Gasteiger charge is 2.29. The number of rotatable bonds is 8. The second-order valence-corrected chi connectivity index (χ2v) is 9.77. The number of hydrogen-bond acceptors (Lipinski definition) is 4. The smallest absolute Gasteiger partial charge is 0.250 e. The number of thiophene rings is 1. The van der Waals surface area contributed by atoms with E-state index in [0.29, 0.717) is 10.3 Å². The highest BCUT2D eigenvalue weighted by molar-refractivity contribution is 7.91. The first-order valence-electron chi connectivity index (χ1n) is 7.77.